The van der Waals surface area contributed by atoms with Crippen LogP contribution < -0.4 is 0 Å². The van der Waals surface area contributed by atoms with Crippen molar-refractivity contribution in [2.75, 3.05) is 0 Å². The molecule has 0 fully saturated rings. The molecule has 0 N–H and O–H groups in total. The second kappa shape index (κ2) is 9.59. The first-order chi connectivity index (χ1) is 21.3. The van der Waals surface area contributed by atoms with E-state index >= 15 is 0 Å². The van der Waals surface area contributed by atoms with Gasteiger partial charge in [-0.05, 0) is 56.9 Å². The first-order valence-corrected chi connectivity index (χ1v) is 15.3. The lowest BCUT2D eigenvalue weighted by Crippen LogP contribution is -1.96. The molecular formula is C40H24N2S. The molecule has 0 aliphatic carbocycles. The SMILES string of the molecule is c1ccc(-c2cc(-c3ccccc3)nc(-c3cccc(-c4ccc5sc6cccc7c8ccccc8c4c5c67)c3)n2)cc1. The van der Waals surface area contributed by atoms with Crippen LogP contribution in [0.3, 0.4) is 0 Å². The van der Waals surface area contributed by atoms with Gasteiger partial charge in [0.1, 0.15) is 0 Å². The highest BCUT2D eigenvalue weighted by Gasteiger charge is 2.19. The molecule has 0 radical (unpaired) electrons. The van der Waals surface area contributed by atoms with Crippen molar-refractivity contribution in [2.45, 2.75) is 0 Å². The van der Waals surface area contributed by atoms with E-state index in [1.54, 1.807) is 0 Å². The third-order valence-corrected chi connectivity index (χ3v) is 9.57. The van der Waals surface area contributed by atoms with Gasteiger partial charge in [0.25, 0.3) is 0 Å². The van der Waals surface area contributed by atoms with Crippen molar-refractivity contribution >= 4 is 53.1 Å². The van der Waals surface area contributed by atoms with Crippen molar-refractivity contribution in [1.82, 2.24) is 9.97 Å². The molecule has 0 aliphatic heterocycles. The van der Waals surface area contributed by atoms with Crippen molar-refractivity contribution in [3.8, 4) is 45.0 Å². The Balaban J connectivity index is 1.29. The first-order valence-electron chi connectivity index (χ1n) is 14.5. The first kappa shape index (κ1) is 24.2. The zero-order valence-corrected chi connectivity index (χ0v) is 24.0. The fraction of sp³-hybridized carbons (Fsp3) is 0. The molecule has 200 valence electrons. The van der Waals surface area contributed by atoms with E-state index in [0.29, 0.717) is 0 Å². The summed E-state index contributed by atoms with van der Waals surface area (Å²) in [4.78, 5) is 10.2. The lowest BCUT2D eigenvalue weighted by molar-refractivity contribution is 1.18. The summed E-state index contributed by atoms with van der Waals surface area (Å²) >= 11 is 1.88. The summed E-state index contributed by atoms with van der Waals surface area (Å²) in [5, 5.41) is 7.99. The molecule has 0 unspecified atom stereocenters. The summed E-state index contributed by atoms with van der Waals surface area (Å²) in [6.07, 6.45) is 0. The lowest BCUT2D eigenvalue weighted by Gasteiger charge is -2.14. The molecule has 0 saturated heterocycles. The van der Waals surface area contributed by atoms with Crippen LogP contribution in [0.15, 0.2) is 146 Å². The molecule has 9 rings (SSSR count). The maximum Gasteiger partial charge on any atom is 0.160 e. The number of nitrogens with zero attached hydrogens (tertiary/aromatic N) is 2. The molecule has 43 heavy (non-hydrogen) atoms. The summed E-state index contributed by atoms with van der Waals surface area (Å²) in [5.74, 6) is 0.723. The van der Waals surface area contributed by atoms with Gasteiger partial charge in [0.2, 0.25) is 0 Å². The van der Waals surface area contributed by atoms with Gasteiger partial charge in [-0.25, -0.2) is 9.97 Å². The van der Waals surface area contributed by atoms with Crippen LogP contribution in [0.5, 0.6) is 0 Å². The highest BCUT2D eigenvalue weighted by atomic mass is 32.1. The Morgan fingerprint density at radius 3 is 1.67 bits per heavy atom. The average Bonchev–Trinajstić information content (AvgIpc) is 3.48. The van der Waals surface area contributed by atoms with Gasteiger partial charge in [0, 0.05) is 36.9 Å². The van der Waals surface area contributed by atoms with E-state index in [4.69, 9.17) is 9.97 Å². The number of benzene rings is 7. The molecule has 9 aromatic rings. The standard InChI is InChI=1S/C40H24N2S/c1-3-11-25(12-4-1)33-24-34(26-13-5-2-6-14-26)42-40(41-33)28-16-9-15-27(23-28)29-21-22-36-39-37(29)31-18-8-7-17-30(31)32-19-10-20-35(43-36)38(32)39/h1-24H. The minimum Gasteiger partial charge on any atom is -0.228 e. The fourth-order valence-electron chi connectivity index (χ4n) is 6.51. The predicted octanol–water partition coefficient (Wildman–Crippen LogP) is 11.3. The number of rotatable bonds is 4. The summed E-state index contributed by atoms with van der Waals surface area (Å²) in [6, 6.07) is 51.7. The molecule has 7 aromatic carbocycles. The summed E-state index contributed by atoms with van der Waals surface area (Å²) in [6.45, 7) is 0. The summed E-state index contributed by atoms with van der Waals surface area (Å²) in [5.41, 5.74) is 7.38. The van der Waals surface area contributed by atoms with Crippen molar-refractivity contribution in [1.29, 1.82) is 0 Å². The number of fused-ring (bicyclic) bond motifs is 3. The van der Waals surface area contributed by atoms with Gasteiger partial charge < -0.3 is 0 Å². The van der Waals surface area contributed by atoms with E-state index in [9.17, 15) is 0 Å². The van der Waals surface area contributed by atoms with Gasteiger partial charge in [0.15, 0.2) is 5.82 Å². The van der Waals surface area contributed by atoms with Crippen molar-refractivity contribution < 1.29 is 0 Å². The van der Waals surface area contributed by atoms with Crippen LogP contribution in [-0.4, -0.2) is 9.97 Å². The topological polar surface area (TPSA) is 25.8 Å². The van der Waals surface area contributed by atoms with Crippen LogP contribution in [0.25, 0.3) is 86.7 Å². The molecule has 3 heteroatoms. The van der Waals surface area contributed by atoms with E-state index in [0.717, 1.165) is 39.5 Å². The van der Waals surface area contributed by atoms with Gasteiger partial charge in [-0.15, -0.1) is 11.3 Å². The second-order valence-corrected chi connectivity index (χ2v) is 12.0. The molecule has 2 nitrogen and oxygen atoms in total. The third-order valence-electron chi connectivity index (χ3n) is 8.45. The van der Waals surface area contributed by atoms with Crippen molar-refractivity contribution in [2.24, 2.45) is 0 Å². The van der Waals surface area contributed by atoms with Crippen LogP contribution in [0.4, 0.5) is 0 Å². The number of thiophene rings is 1. The predicted molar refractivity (Wildman–Crippen MR) is 183 cm³/mol. The lowest BCUT2D eigenvalue weighted by atomic mass is 9.89. The molecule has 0 aliphatic rings. The Morgan fingerprint density at radius 1 is 0.372 bits per heavy atom. The normalized spacial score (nSPS) is 11.7. The van der Waals surface area contributed by atoms with Crippen LogP contribution in [0, 0.1) is 0 Å². The average molecular weight is 565 g/mol. The van der Waals surface area contributed by atoms with Gasteiger partial charge >= 0.3 is 0 Å². The maximum atomic E-state index is 5.10. The monoisotopic (exact) mass is 564 g/mol. The van der Waals surface area contributed by atoms with Gasteiger partial charge in [-0.1, -0.05) is 121 Å². The molecule has 0 spiro atoms. The zero-order valence-electron chi connectivity index (χ0n) is 23.2. The maximum absolute atomic E-state index is 5.10. The van der Waals surface area contributed by atoms with Crippen LogP contribution >= 0.6 is 11.3 Å². The highest BCUT2D eigenvalue weighted by molar-refractivity contribution is 7.26. The van der Waals surface area contributed by atoms with Gasteiger partial charge in [-0.3, -0.25) is 0 Å². The number of hydrogen-bond donors (Lipinski definition) is 0. The number of hydrogen-bond acceptors (Lipinski definition) is 3. The van der Waals surface area contributed by atoms with E-state index in [2.05, 4.69) is 133 Å². The van der Waals surface area contributed by atoms with Crippen LogP contribution in [0.2, 0.25) is 0 Å². The minimum atomic E-state index is 0.723. The minimum absolute atomic E-state index is 0.723. The largest absolute Gasteiger partial charge is 0.228 e. The molecule has 0 atom stereocenters. The third kappa shape index (κ3) is 3.86. The Labute approximate surface area is 252 Å². The number of aromatic nitrogens is 2. The molecule has 0 amide bonds. The van der Waals surface area contributed by atoms with Gasteiger partial charge in [-0.2, -0.15) is 0 Å². The van der Waals surface area contributed by atoms with E-state index in [1.807, 2.05) is 23.5 Å². The van der Waals surface area contributed by atoms with E-state index < -0.39 is 0 Å². The molecule has 0 saturated carbocycles. The Hall–Kier alpha value is -5.38. The Kier molecular flexibility index (Phi) is 5.40. The van der Waals surface area contributed by atoms with Crippen LogP contribution in [0.1, 0.15) is 0 Å². The molecular weight excluding hydrogens is 541 g/mol. The smallest absolute Gasteiger partial charge is 0.160 e. The quantitative estimate of drug-likeness (QED) is 0.199. The highest BCUT2D eigenvalue weighted by Crippen LogP contribution is 2.48. The molecule has 2 aromatic heterocycles. The molecule has 0 bridgehead atoms. The molecule has 2 heterocycles. The summed E-state index contributed by atoms with van der Waals surface area (Å²) in [7, 11) is 0. The Bertz CT molecular complexity index is 2380. The van der Waals surface area contributed by atoms with Gasteiger partial charge in [0.05, 0.1) is 11.4 Å². The zero-order chi connectivity index (χ0) is 28.3. The van der Waals surface area contributed by atoms with Crippen LogP contribution in [-0.2, 0) is 0 Å². The van der Waals surface area contributed by atoms with E-state index in [-0.39, 0.29) is 0 Å². The second-order valence-electron chi connectivity index (χ2n) is 11.0. The summed E-state index contributed by atoms with van der Waals surface area (Å²) < 4.78 is 2.67. The van der Waals surface area contributed by atoms with Crippen molar-refractivity contribution in [3.63, 3.8) is 0 Å². The fourth-order valence-corrected chi connectivity index (χ4v) is 7.65. The van der Waals surface area contributed by atoms with Crippen molar-refractivity contribution in [3.05, 3.63) is 146 Å². The Morgan fingerprint density at radius 2 is 0.930 bits per heavy atom. The van der Waals surface area contributed by atoms with E-state index in [1.165, 1.54) is 47.3 Å².